The van der Waals surface area contributed by atoms with Gasteiger partial charge in [-0.05, 0) is 43.4 Å². The summed E-state index contributed by atoms with van der Waals surface area (Å²) in [4.78, 5) is 28.8. The van der Waals surface area contributed by atoms with Crippen LogP contribution in [0.25, 0.3) is 0 Å². The standard InChI is InChI=1S/C20H28N2O2S/c1-16(25-2)19(24)21-12-10-20(11-13-21)9-8-18(23)22(15-20)14-17-6-4-3-5-7-17/h3-7,16H,8-15H2,1-2H3/t16-/m1/s1. The number of carbonyl (C=O) groups excluding carboxylic acids is 2. The maximum atomic E-state index is 12.4. The van der Waals surface area contributed by atoms with Gasteiger partial charge in [0.25, 0.3) is 0 Å². The predicted octanol–water partition coefficient (Wildman–Crippen LogP) is 3.17. The van der Waals surface area contributed by atoms with E-state index in [1.165, 1.54) is 5.56 Å². The molecular formula is C20H28N2O2S. The van der Waals surface area contributed by atoms with Crippen LogP contribution in [0.5, 0.6) is 0 Å². The molecule has 0 aliphatic carbocycles. The van der Waals surface area contributed by atoms with Crippen molar-refractivity contribution in [1.29, 1.82) is 0 Å². The van der Waals surface area contributed by atoms with Gasteiger partial charge in [0.05, 0.1) is 5.25 Å². The van der Waals surface area contributed by atoms with Crippen LogP contribution >= 0.6 is 11.8 Å². The highest BCUT2D eigenvalue weighted by molar-refractivity contribution is 7.99. The Morgan fingerprint density at radius 2 is 1.88 bits per heavy atom. The smallest absolute Gasteiger partial charge is 0.235 e. The highest BCUT2D eigenvalue weighted by atomic mass is 32.2. The first-order valence-electron chi connectivity index (χ1n) is 9.16. The van der Waals surface area contributed by atoms with Crippen molar-refractivity contribution < 1.29 is 9.59 Å². The van der Waals surface area contributed by atoms with E-state index in [2.05, 4.69) is 12.1 Å². The Morgan fingerprint density at radius 3 is 2.52 bits per heavy atom. The molecular weight excluding hydrogens is 332 g/mol. The Hall–Kier alpha value is -1.49. The number of hydrogen-bond acceptors (Lipinski definition) is 3. The minimum absolute atomic E-state index is 0.0385. The van der Waals surface area contributed by atoms with Crippen LogP contribution in [0.2, 0.25) is 0 Å². The monoisotopic (exact) mass is 360 g/mol. The van der Waals surface area contributed by atoms with E-state index in [0.29, 0.717) is 13.0 Å². The van der Waals surface area contributed by atoms with Crippen LogP contribution in [-0.4, -0.2) is 52.8 Å². The molecule has 0 bridgehead atoms. The number of amides is 2. The molecule has 0 saturated carbocycles. The Kier molecular flexibility index (Phi) is 5.72. The summed E-state index contributed by atoms with van der Waals surface area (Å²) in [5.41, 5.74) is 1.39. The Morgan fingerprint density at radius 1 is 1.20 bits per heavy atom. The average molecular weight is 361 g/mol. The van der Waals surface area contributed by atoms with Gasteiger partial charge in [0.15, 0.2) is 0 Å². The fourth-order valence-corrected chi connectivity index (χ4v) is 4.37. The van der Waals surface area contributed by atoms with E-state index in [9.17, 15) is 9.59 Å². The normalized spacial score (nSPS) is 21.4. The number of hydrogen-bond donors (Lipinski definition) is 0. The number of benzene rings is 1. The number of nitrogens with zero attached hydrogens (tertiary/aromatic N) is 2. The van der Waals surface area contributed by atoms with Gasteiger partial charge in [-0.2, -0.15) is 11.8 Å². The molecule has 2 heterocycles. The molecule has 1 aromatic rings. The van der Waals surface area contributed by atoms with Crippen molar-refractivity contribution in [1.82, 2.24) is 9.80 Å². The summed E-state index contributed by atoms with van der Waals surface area (Å²) < 4.78 is 0. The Bertz CT molecular complexity index is 611. The van der Waals surface area contributed by atoms with Crippen LogP contribution in [0.15, 0.2) is 30.3 Å². The first-order valence-corrected chi connectivity index (χ1v) is 10.5. The molecule has 1 spiro atoms. The molecule has 5 heteroatoms. The topological polar surface area (TPSA) is 40.6 Å². The van der Waals surface area contributed by atoms with Crippen molar-refractivity contribution in [3.05, 3.63) is 35.9 Å². The third-order valence-electron chi connectivity index (χ3n) is 5.80. The predicted molar refractivity (Wildman–Crippen MR) is 102 cm³/mol. The minimum Gasteiger partial charge on any atom is -0.342 e. The number of likely N-dealkylation sites (tertiary alicyclic amines) is 2. The molecule has 2 saturated heterocycles. The van der Waals surface area contributed by atoms with Gasteiger partial charge in [-0.15, -0.1) is 0 Å². The Labute approximate surface area is 154 Å². The van der Waals surface area contributed by atoms with Crippen LogP contribution in [0.3, 0.4) is 0 Å². The second kappa shape index (κ2) is 7.81. The zero-order valence-corrected chi connectivity index (χ0v) is 16.1. The number of piperidine rings is 2. The molecule has 4 nitrogen and oxygen atoms in total. The van der Waals surface area contributed by atoms with Crippen molar-refractivity contribution in [2.24, 2.45) is 5.41 Å². The van der Waals surface area contributed by atoms with Crippen LogP contribution in [0, 0.1) is 5.41 Å². The van der Waals surface area contributed by atoms with E-state index in [-0.39, 0.29) is 22.5 Å². The van der Waals surface area contributed by atoms with Gasteiger partial charge in [0.1, 0.15) is 0 Å². The molecule has 0 unspecified atom stereocenters. The summed E-state index contributed by atoms with van der Waals surface area (Å²) in [5, 5.41) is 0.0385. The third kappa shape index (κ3) is 4.20. The molecule has 1 atom stereocenters. The molecule has 2 amide bonds. The molecule has 2 aliphatic heterocycles. The van der Waals surface area contributed by atoms with E-state index in [1.807, 2.05) is 41.2 Å². The lowest BCUT2D eigenvalue weighted by molar-refractivity contribution is -0.142. The van der Waals surface area contributed by atoms with Crippen LogP contribution in [-0.2, 0) is 16.1 Å². The van der Waals surface area contributed by atoms with E-state index >= 15 is 0 Å². The zero-order chi connectivity index (χ0) is 17.9. The fraction of sp³-hybridized carbons (Fsp3) is 0.600. The summed E-state index contributed by atoms with van der Waals surface area (Å²) >= 11 is 1.61. The molecule has 1 aromatic carbocycles. The van der Waals surface area contributed by atoms with Gasteiger partial charge in [0, 0.05) is 32.6 Å². The fourth-order valence-electron chi connectivity index (χ4n) is 4.02. The SMILES string of the molecule is CS[C@H](C)C(=O)N1CCC2(CCC(=O)N(Cc3ccccc3)C2)CC1. The molecule has 3 rings (SSSR count). The average Bonchev–Trinajstić information content (AvgIpc) is 2.65. The van der Waals surface area contributed by atoms with Gasteiger partial charge in [-0.1, -0.05) is 30.3 Å². The molecule has 0 radical (unpaired) electrons. The first kappa shape index (κ1) is 18.3. The molecule has 2 aliphatic rings. The summed E-state index contributed by atoms with van der Waals surface area (Å²) in [7, 11) is 0. The minimum atomic E-state index is 0.0385. The van der Waals surface area contributed by atoms with Crippen LogP contribution in [0.1, 0.15) is 38.2 Å². The van der Waals surface area contributed by atoms with E-state index in [0.717, 1.165) is 38.9 Å². The van der Waals surface area contributed by atoms with Gasteiger partial charge >= 0.3 is 0 Å². The molecule has 2 fully saturated rings. The molecule has 136 valence electrons. The molecule has 25 heavy (non-hydrogen) atoms. The van der Waals surface area contributed by atoms with Crippen molar-refractivity contribution in [3.63, 3.8) is 0 Å². The van der Waals surface area contributed by atoms with Gasteiger partial charge in [-0.25, -0.2) is 0 Å². The molecule has 0 N–H and O–H groups in total. The van der Waals surface area contributed by atoms with Crippen LogP contribution in [0.4, 0.5) is 0 Å². The highest BCUT2D eigenvalue weighted by Gasteiger charge is 2.41. The Balaban J connectivity index is 1.61. The summed E-state index contributed by atoms with van der Waals surface area (Å²) in [6.45, 7) is 5.18. The third-order valence-corrected chi connectivity index (χ3v) is 6.71. The summed E-state index contributed by atoms with van der Waals surface area (Å²) in [6.07, 6.45) is 5.62. The lowest BCUT2D eigenvalue weighted by Gasteiger charge is -2.47. The second-order valence-corrected chi connectivity index (χ2v) is 8.62. The van der Waals surface area contributed by atoms with Crippen molar-refractivity contribution in [2.75, 3.05) is 25.9 Å². The van der Waals surface area contributed by atoms with E-state index in [4.69, 9.17) is 0 Å². The van der Waals surface area contributed by atoms with Crippen LogP contribution < -0.4 is 0 Å². The number of rotatable bonds is 4. The van der Waals surface area contributed by atoms with Crippen molar-refractivity contribution in [2.45, 2.75) is 44.4 Å². The maximum Gasteiger partial charge on any atom is 0.235 e. The van der Waals surface area contributed by atoms with Gasteiger partial charge in [0.2, 0.25) is 11.8 Å². The first-order chi connectivity index (χ1) is 12.0. The quantitative estimate of drug-likeness (QED) is 0.828. The lowest BCUT2D eigenvalue weighted by atomic mass is 9.72. The van der Waals surface area contributed by atoms with Crippen molar-refractivity contribution in [3.8, 4) is 0 Å². The van der Waals surface area contributed by atoms with Gasteiger partial charge in [-0.3, -0.25) is 9.59 Å². The summed E-state index contributed by atoms with van der Waals surface area (Å²) in [6, 6.07) is 10.2. The number of thioether (sulfide) groups is 1. The number of carbonyl (C=O) groups is 2. The van der Waals surface area contributed by atoms with E-state index < -0.39 is 0 Å². The summed E-state index contributed by atoms with van der Waals surface area (Å²) in [5.74, 6) is 0.527. The maximum absolute atomic E-state index is 12.4. The highest BCUT2D eigenvalue weighted by Crippen LogP contribution is 2.40. The molecule has 0 aromatic heterocycles. The zero-order valence-electron chi connectivity index (χ0n) is 15.2. The van der Waals surface area contributed by atoms with E-state index in [1.54, 1.807) is 11.8 Å². The lowest BCUT2D eigenvalue weighted by Crippen LogP contribution is -2.52. The van der Waals surface area contributed by atoms with Crippen molar-refractivity contribution >= 4 is 23.6 Å². The van der Waals surface area contributed by atoms with Gasteiger partial charge < -0.3 is 9.80 Å². The largest absolute Gasteiger partial charge is 0.342 e. The second-order valence-electron chi connectivity index (χ2n) is 7.44.